The van der Waals surface area contributed by atoms with Gasteiger partial charge in [-0.1, -0.05) is 25.8 Å². The molecular formula is C12H17NO2. The first kappa shape index (κ1) is 11.6. The third-order valence-corrected chi connectivity index (χ3v) is 2.14. The molecule has 1 rings (SSSR count). The fraction of sp³-hybridized carbons (Fsp3) is 0.417. The van der Waals surface area contributed by atoms with Crippen molar-refractivity contribution in [3.63, 3.8) is 0 Å². The van der Waals surface area contributed by atoms with Gasteiger partial charge in [-0.3, -0.25) is 4.79 Å². The summed E-state index contributed by atoms with van der Waals surface area (Å²) < 4.78 is 0. The van der Waals surface area contributed by atoms with E-state index in [9.17, 15) is 9.90 Å². The second-order valence-corrected chi connectivity index (χ2v) is 3.56. The average molecular weight is 207 g/mol. The van der Waals surface area contributed by atoms with Crippen molar-refractivity contribution in [3.05, 3.63) is 24.3 Å². The minimum atomic E-state index is 0.00838. The van der Waals surface area contributed by atoms with Crippen LogP contribution in [-0.4, -0.2) is 11.0 Å². The summed E-state index contributed by atoms with van der Waals surface area (Å²) in [5, 5.41) is 11.9. The van der Waals surface area contributed by atoms with Gasteiger partial charge in [-0.25, -0.2) is 0 Å². The molecule has 0 aliphatic carbocycles. The normalized spacial score (nSPS) is 9.93. The molecule has 0 aliphatic rings. The zero-order valence-electron chi connectivity index (χ0n) is 8.99. The lowest BCUT2D eigenvalue weighted by molar-refractivity contribution is -0.116. The lowest BCUT2D eigenvalue weighted by atomic mass is 10.2. The quantitative estimate of drug-likeness (QED) is 0.729. The molecule has 1 aromatic carbocycles. The molecule has 0 saturated carbocycles. The topological polar surface area (TPSA) is 49.3 Å². The van der Waals surface area contributed by atoms with Crippen LogP contribution in [0, 0.1) is 0 Å². The fourth-order valence-corrected chi connectivity index (χ4v) is 1.34. The molecule has 0 aromatic heterocycles. The maximum Gasteiger partial charge on any atom is 0.224 e. The van der Waals surface area contributed by atoms with Gasteiger partial charge < -0.3 is 10.4 Å². The molecule has 3 heteroatoms. The monoisotopic (exact) mass is 207 g/mol. The summed E-state index contributed by atoms with van der Waals surface area (Å²) in [6, 6.07) is 6.58. The van der Waals surface area contributed by atoms with Crippen molar-refractivity contribution >= 4 is 11.6 Å². The summed E-state index contributed by atoms with van der Waals surface area (Å²) in [7, 11) is 0. The summed E-state index contributed by atoms with van der Waals surface area (Å²) in [6.07, 6.45) is 3.65. The highest BCUT2D eigenvalue weighted by atomic mass is 16.3. The Kier molecular flexibility index (Phi) is 4.68. The Labute approximate surface area is 90.1 Å². The molecule has 0 aliphatic heterocycles. The molecule has 0 spiro atoms. The third-order valence-electron chi connectivity index (χ3n) is 2.14. The molecule has 0 atom stereocenters. The van der Waals surface area contributed by atoms with Crippen molar-refractivity contribution < 1.29 is 9.90 Å². The Bertz CT molecular complexity index is 323. The molecule has 2 N–H and O–H groups in total. The molecule has 15 heavy (non-hydrogen) atoms. The van der Waals surface area contributed by atoms with E-state index in [1.54, 1.807) is 18.2 Å². The number of unbranched alkanes of at least 4 members (excludes halogenated alkanes) is 2. The maximum atomic E-state index is 11.4. The third kappa shape index (κ3) is 4.49. The maximum absolute atomic E-state index is 11.4. The molecule has 1 amide bonds. The minimum Gasteiger partial charge on any atom is -0.508 e. The summed E-state index contributed by atoms with van der Waals surface area (Å²) in [5.74, 6) is 0.176. The predicted molar refractivity (Wildman–Crippen MR) is 60.9 cm³/mol. The number of hydrogen-bond donors (Lipinski definition) is 2. The highest BCUT2D eigenvalue weighted by molar-refractivity contribution is 5.90. The van der Waals surface area contributed by atoms with Gasteiger partial charge in [0.2, 0.25) is 5.91 Å². The van der Waals surface area contributed by atoms with Crippen LogP contribution in [0.1, 0.15) is 32.6 Å². The van der Waals surface area contributed by atoms with E-state index < -0.39 is 0 Å². The van der Waals surface area contributed by atoms with E-state index in [1.165, 1.54) is 6.07 Å². The van der Waals surface area contributed by atoms with E-state index in [0.29, 0.717) is 12.1 Å². The Morgan fingerprint density at radius 1 is 1.40 bits per heavy atom. The zero-order valence-corrected chi connectivity index (χ0v) is 8.99. The van der Waals surface area contributed by atoms with E-state index in [-0.39, 0.29) is 11.7 Å². The van der Waals surface area contributed by atoms with Crippen LogP contribution in [-0.2, 0) is 4.79 Å². The van der Waals surface area contributed by atoms with Crippen molar-refractivity contribution in [2.45, 2.75) is 32.6 Å². The summed E-state index contributed by atoms with van der Waals surface area (Å²) in [6.45, 7) is 2.10. The van der Waals surface area contributed by atoms with Gasteiger partial charge in [-0.05, 0) is 18.6 Å². The van der Waals surface area contributed by atoms with Gasteiger partial charge in [0.25, 0.3) is 0 Å². The van der Waals surface area contributed by atoms with E-state index in [2.05, 4.69) is 12.2 Å². The lowest BCUT2D eigenvalue weighted by Gasteiger charge is -2.04. The molecule has 0 bridgehead atoms. The van der Waals surface area contributed by atoms with Crippen molar-refractivity contribution in [3.8, 4) is 5.75 Å². The van der Waals surface area contributed by atoms with Gasteiger partial charge in [0.05, 0.1) is 0 Å². The van der Waals surface area contributed by atoms with Crippen LogP contribution in [0.5, 0.6) is 5.75 Å². The number of rotatable bonds is 5. The van der Waals surface area contributed by atoms with Crippen LogP contribution in [0.2, 0.25) is 0 Å². The van der Waals surface area contributed by atoms with E-state index in [4.69, 9.17) is 0 Å². The molecule has 0 fully saturated rings. The number of benzene rings is 1. The average Bonchev–Trinajstić information content (AvgIpc) is 2.18. The number of hydrogen-bond acceptors (Lipinski definition) is 2. The summed E-state index contributed by atoms with van der Waals surface area (Å²) in [5.41, 5.74) is 0.650. The van der Waals surface area contributed by atoms with Crippen LogP contribution in [0.15, 0.2) is 24.3 Å². The van der Waals surface area contributed by atoms with Crippen LogP contribution < -0.4 is 5.32 Å². The summed E-state index contributed by atoms with van der Waals surface area (Å²) in [4.78, 5) is 11.4. The first-order chi connectivity index (χ1) is 7.22. The number of carbonyl (C=O) groups is 1. The van der Waals surface area contributed by atoms with Gasteiger partial charge in [-0.2, -0.15) is 0 Å². The largest absolute Gasteiger partial charge is 0.508 e. The fourth-order valence-electron chi connectivity index (χ4n) is 1.34. The number of nitrogens with one attached hydrogen (secondary N) is 1. The Morgan fingerprint density at radius 2 is 2.20 bits per heavy atom. The van der Waals surface area contributed by atoms with Gasteiger partial charge >= 0.3 is 0 Å². The standard InChI is InChI=1S/C12H17NO2/c1-2-3-4-8-12(15)13-10-6-5-7-11(14)9-10/h5-7,9,14H,2-4,8H2,1H3,(H,13,15). The van der Waals surface area contributed by atoms with E-state index in [0.717, 1.165) is 19.3 Å². The van der Waals surface area contributed by atoms with Crippen molar-refractivity contribution in [2.24, 2.45) is 0 Å². The SMILES string of the molecule is CCCCCC(=O)Nc1cccc(O)c1. The number of carbonyl (C=O) groups excluding carboxylic acids is 1. The molecule has 82 valence electrons. The van der Waals surface area contributed by atoms with Crippen LogP contribution in [0.3, 0.4) is 0 Å². The van der Waals surface area contributed by atoms with Crippen molar-refractivity contribution in [1.82, 2.24) is 0 Å². The number of aromatic hydroxyl groups is 1. The van der Waals surface area contributed by atoms with Crippen LogP contribution in [0.4, 0.5) is 5.69 Å². The van der Waals surface area contributed by atoms with E-state index in [1.807, 2.05) is 0 Å². The highest BCUT2D eigenvalue weighted by Gasteiger charge is 2.01. The minimum absolute atomic E-state index is 0.00838. The smallest absolute Gasteiger partial charge is 0.224 e. The number of phenols is 1. The molecule has 0 radical (unpaired) electrons. The summed E-state index contributed by atoms with van der Waals surface area (Å²) >= 11 is 0. The van der Waals surface area contributed by atoms with Crippen molar-refractivity contribution in [1.29, 1.82) is 0 Å². The second-order valence-electron chi connectivity index (χ2n) is 3.56. The zero-order chi connectivity index (χ0) is 11.1. The Morgan fingerprint density at radius 3 is 2.87 bits per heavy atom. The molecule has 1 aromatic rings. The number of amides is 1. The van der Waals surface area contributed by atoms with Gasteiger partial charge in [0, 0.05) is 18.2 Å². The molecule has 0 unspecified atom stereocenters. The van der Waals surface area contributed by atoms with Crippen LogP contribution in [0.25, 0.3) is 0 Å². The van der Waals surface area contributed by atoms with Crippen LogP contribution >= 0.6 is 0 Å². The van der Waals surface area contributed by atoms with Crippen molar-refractivity contribution in [2.75, 3.05) is 5.32 Å². The van der Waals surface area contributed by atoms with Gasteiger partial charge in [-0.15, -0.1) is 0 Å². The lowest BCUT2D eigenvalue weighted by Crippen LogP contribution is -2.10. The predicted octanol–water partition coefficient (Wildman–Crippen LogP) is 2.91. The molecule has 0 heterocycles. The van der Waals surface area contributed by atoms with E-state index >= 15 is 0 Å². The molecule has 0 saturated heterocycles. The number of phenolic OH excluding ortho intramolecular Hbond substituents is 1. The number of anilines is 1. The first-order valence-corrected chi connectivity index (χ1v) is 5.31. The Balaban J connectivity index is 2.37. The van der Waals surface area contributed by atoms with Gasteiger partial charge in [0.15, 0.2) is 0 Å². The second kappa shape index (κ2) is 6.06. The molecule has 3 nitrogen and oxygen atoms in total. The highest BCUT2D eigenvalue weighted by Crippen LogP contribution is 2.15. The van der Waals surface area contributed by atoms with Gasteiger partial charge in [0.1, 0.15) is 5.75 Å². The Hall–Kier alpha value is -1.51. The molecular weight excluding hydrogens is 190 g/mol. The first-order valence-electron chi connectivity index (χ1n) is 5.31.